The number of hydrogen-bond acceptors (Lipinski definition) is 5. The minimum atomic E-state index is 0.729. The molecule has 1 aromatic heterocycles. The molecule has 0 fully saturated rings. The highest BCUT2D eigenvalue weighted by Crippen LogP contribution is 2.33. The second kappa shape index (κ2) is 6.32. The van der Waals surface area contributed by atoms with Crippen molar-refractivity contribution in [1.29, 1.82) is 0 Å². The minimum absolute atomic E-state index is 0.729. The van der Waals surface area contributed by atoms with Crippen molar-refractivity contribution in [2.45, 2.75) is 25.2 Å². The molecule has 0 saturated heterocycles. The lowest BCUT2D eigenvalue weighted by molar-refractivity contribution is 0.404. The highest BCUT2D eigenvalue weighted by molar-refractivity contribution is 8.00. The van der Waals surface area contributed by atoms with Crippen molar-refractivity contribution in [3.8, 4) is 5.75 Å². The van der Waals surface area contributed by atoms with Crippen molar-refractivity contribution in [3.63, 3.8) is 0 Å². The average Bonchev–Trinajstić information content (AvgIpc) is 2.94. The third-order valence-electron chi connectivity index (χ3n) is 3.52. The molecule has 4 nitrogen and oxygen atoms in total. The van der Waals surface area contributed by atoms with Crippen LogP contribution >= 0.6 is 11.9 Å². The molecule has 1 N–H and O–H groups in total. The van der Waals surface area contributed by atoms with Gasteiger partial charge in [-0.1, -0.05) is 29.8 Å². The van der Waals surface area contributed by atoms with E-state index in [9.17, 15) is 0 Å². The van der Waals surface area contributed by atoms with Gasteiger partial charge in [0.25, 0.3) is 0 Å². The molecule has 2 aromatic carbocycles. The molecule has 3 rings (SSSR count). The van der Waals surface area contributed by atoms with Gasteiger partial charge in [-0.2, -0.15) is 0 Å². The Bertz CT molecular complexity index is 798. The Kier molecular flexibility index (Phi) is 4.24. The van der Waals surface area contributed by atoms with Gasteiger partial charge in [0.15, 0.2) is 11.4 Å². The summed E-state index contributed by atoms with van der Waals surface area (Å²) in [5.74, 6) is 1.58. The minimum Gasteiger partial charge on any atom is -0.496 e. The molecule has 0 aliphatic carbocycles. The quantitative estimate of drug-likeness (QED) is 0.684. The summed E-state index contributed by atoms with van der Waals surface area (Å²) in [6.07, 6.45) is 0.990. The van der Waals surface area contributed by atoms with Crippen LogP contribution in [0.2, 0.25) is 0 Å². The predicted molar refractivity (Wildman–Crippen MR) is 90.6 cm³/mol. The van der Waals surface area contributed by atoms with Crippen LogP contribution in [0.1, 0.15) is 18.1 Å². The molecule has 0 radical (unpaired) electrons. The van der Waals surface area contributed by atoms with Crippen LogP contribution in [0.15, 0.2) is 45.8 Å². The number of nitrogens with one attached hydrogen (secondary N) is 1. The van der Waals surface area contributed by atoms with Gasteiger partial charge in [-0.25, -0.2) is 0 Å². The van der Waals surface area contributed by atoms with Gasteiger partial charge < -0.3 is 14.0 Å². The lowest BCUT2D eigenvalue weighted by Gasteiger charge is -2.09. The third kappa shape index (κ3) is 2.90. The molecule has 0 amide bonds. The maximum absolute atomic E-state index is 5.42. The molecule has 114 valence electrons. The smallest absolute Gasteiger partial charge is 0.187 e. The fraction of sp³-hybridized carbons (Fsp3) is 0.235. The first-order valence-corrected chi connectivity index (χ1v) is 7.98. The molecule has 1 heterocycles. The van der Waals surface area contributed by atoms with E-state index in [2.05, 4.69) is 41.9 Å². The number of nitrogens with zero attached hydrogens (tertiary/aromatic N) is 1. The van der Waals surface area contributed by atoms with Gasteiger partial charge in [0.2, 0.25) is 0 Å². The first kappa shape index (κ1) is 14.8. The van der Waals surface area contributed by atoms with Crippen LogP contribution in [0.25, 0.3) is 11.0 Å². The highest BCUT2D eigenvalue weighted by Gasteiger charge is 2.10. The summed E-state index contributed by atoms with van der Waals surface area (Å²) in [5.41, 5.74) is 3.23. The molecular formula is C17H18N2O2S. The molecule has 5 heteroatoms. The van der Waals surface area contributed by atoms with E-state index in [-0.39, 0.29) is 0 Å². The number of methoxy groups -OCH3 is 1. The fourth-order valence-corrected chi connectivity index (χ4v) is 3.07. The molecule has 0 saturated carbocycles. The zero-order valence-corrected chi connectivity index (χ0v) is 13.7. The molecule has 0 unspecified atom stereocenters. The van der Waals surface area contributed by atoms with Crippen molar-refractivity contribution < 1.29 is 9.26 Å². The zero-order valence-electron chi connectivity index (χ0n) is 12.8. The Labute approximate surface area is 134 Å². The highest BCUT2D eigenvalue weighted by atomic mass is 32.2. The number of benzene rings is 2. The van der Waals surface area contributed by atoms with Gasteiger partial charge in [0.1, 0.15) is 5.75 Å². The van der Waals surface area contributed by atoms with Crippen molar-refractivity contribution in [1.82, 2.24) is 5.16 Å². The topological polar surface area (TPSA) is 47.3 Å². The van der Waals surface area contributed by atoms with E-state index in [1.807, 2.05) is 18.2 Å². The van der Waals surface area contributed by atoms with Crippen LogP contribution < -0.4 is 9.46 Å². The molecule has 0 aliphatic rings. The van der Waals surface area contributed by atoms with E-state index < -0.39 is 0 Å². The number of hydrogen-bond donors (Lipinski definition) is 1. The van der Waals surface area contributed by atoms with Crippen molar-refractivity contribution in [3.05, 3.63) is 47.5 Å². The number of aryl methyl sites for hydroxylation is 2. The van der Waals surface area contributed by atoms with Crippen molar-refractivity contribution in [2.75, 3.05) is 11.8 Å². The van der Waals surface area contributed by atoms with Crippen LogP contribution in [0, 0.1) is 6.92 Å². The summed E-state index contributed by atoms with van der Waals surface area (Å²) in [6.45, 7) is 4.19. The SMILES string of the molecule is CCc1ccc(OC)c(SNc2noc3ccc(C)cc23)c1. The molecule has 0 atom stereocenters. The Hall–Kier alpha value is -2.14. The normalized spacial score (nSPS) is 10.9. The number of ether oxygens (including phenoxy) is 1. The number of anilines is 1. The summed E-state index contributed by atoms with van der Waals surface area (Å²) >= 11 is 1.48. The fourth-order valence-electron chi connectivity index (χ4n) is 2.25. The molecule has 22 heavy (non-hydrogen) atoms. The van der Waals surface area contributed by atoms with Crippen LogP contribution in [0.4, 0.5) is 5.82 Å². The van der Waals surface area contributed by atoms with Gasteiger partial charge in [0, 0.05) is 0 Å². The van der Waals surface area contributed by atoms with E-state index >= 15 is 0 Å². The number of rotatable bonds is 5. The van der Waals surface area contributed by atoms with Gasteiger partial charge in [0.05, 0.1) is 17.4 Å². The van der Waals surface area contributed by atoms with E-state index in [0.717, 1.165) is 33.9 Å². The van der Waals surface area contributed by atoms with Gasteiger partial charge >= 0.3 is 0 Å². The Morgan fingerprint density at radius 1 is 1.23 bits per heavy atom. The van der Waals surface area contributed by atoms with Gasteiger partial charge in [-0.05, 0) is 55.1 Å². The van der Waals surface area contributed by atoms with Crippen LogP contribution in [-0.2, 0) is 6.42 Å². The van der Waals surface area contributed by atoms with E-state index in [0.29, 0.717) is 0 Å². The van der Waals surface area contributed by atoms with Crippen molar-refractivity contribution in [2.24, 2.45) is 0 Å². The summed E-state index contributed by atoms with van der Waals surface area (Å²) in [5, 5.41) is 5.09. The summed E-state index contributed by atoms with van der Waals surface area (Å²) in [6, 6.07) is 12.2. The Balaban J connectivity index is 1.86. The molecule has 3 aromatic rings. The number of aromatic nitrogens is 1. The molecule has 0 spiro atoms. The lowest BCUT2D eigenvalue weighted by Crippen LogP contribution is -1.93. The molecular weight excluding hydrogens is 296 g/mol. The summed E-state index contributed by atoms with van der Waals surface area (Å²) < 4.78 is 14.0. The van der Waals surface area contributed by atoms with E-state index in [4.69, 9.17) is 9.26 Å². The Morgan fingerprint density at radius 2 is 2.09 bits per heavy atom. The number of fused-ring (bicyclic) bond motifs is 1. The van der Waals surface area contributed by atoms with E-state index in [1.54, 1.807) is 7.11 Å². The Morgan fingerprint density at radius 3 is 2.86 bits per heavy atom. The zero-order chi connectivity index (χ0) is 15.5. The molecule has 0 aliphatic heterocycles. The average molecular weight is 314 g/mol. The summed E-state index contributed by atoms with van der Waals surface area (Å²) in [7, 11) is 1.68. The second-order valence-electron chi connectivity index (χ2n) is 5.07. The lowest BCUT2D eigenvalue weighted by atomic mass is 10.2. The standard InChI is InChI=1S/C17H18N2O2S/c1-4-12-6-8-15(20-3)16(10-12)22-19-17-13-9-11(2)5-7-14(13)21-18-17/h5-10H,4H2,1-3H3,(H,18,19). The van der Waals surface area contributed by atoms with E-state index in [1.165, 1.54) is 23.1 Å². The molecule has 0 bridgehead atoms. The first-order valence-electron chi connectivity index (χ1n) is 7.17. The van der Waals surface area contributed by atoms with Gasteiger partial charge in [-0.3, -0.25) is 0 Å². The largest absolute Gasteiger partial charge is 0.496 e. The van der Waals surface area contributed by atoms with Crippen LogP contribution in [0.3, 0.4) is 0 Å². The van der Waals surface area contributed by atoms with Gasteiger partial charge in [-0.15, -0.1) is 0 Å². The van der Waals surface area contributed by atoms with Crippen molar-refractivity contribution >= 4 is 28.7 Å². The maximum Gasteiger partial charge on any atom is 0.187 e. The van der Waals surface area contributed by atoms with Crippen LogP contribution in [0.5, 0.6) is 5.75 Å². The maximum atomic E-state index is 5.42. The third-order valence-corrected chi connectivity index (χ3v) is 4.35. The first-order chi connectivity index (χ1) is 10.7. The predicted octanol–water partition coefficient (Wildman–Crippen LogP) is 4.83. The monoisotopic (exact) mass is 314 g/mol. The summed E-state index contributed by atoms with van der Waals surface area (Å²) in [4.78, 5) is 1.03. The second-order valence-corrected chi connectivity index (χ2v) is 5.92. The van der Waals surface area contributed by atoms with Crippen LogP contribution in [-0.4, -0.2) is 12.3 Å².